The van der Waals surface area contributed by atoms with Crippen LogP contribution in [0.4, 0.5) is 0 Å². The van der Waals surface area contributed by atoms with Crippen LogP contribution in [-0.2, 0) is 0 Å². The number of rotatable bonds is 4. The minimum absolute atomic E-state index is 0.0385. The maximum atomic E-state index is 12.6. The van der Waals surface area contributed by atoms with Gasteiger partial charge in [-0.2, -0.15) is 0 Å². The molecule has 1 aliphatic rings. The molecule has 1 aliphatic heterocycles. The summed E-state index contributed by atoms with van der Waals surface area (Å²) in [4.78, 5) is 26.6. The van der Waals surface area contributed by atoms with Crippen molar-refractivity contribution < 1.29 is 9.59 Å². The monoisotopic (exact) mass is 331 g/mol. The fourth-order valence-corrected chi connectivity index (χ4v) is 2.79. The average molecular weight is 331 g/mol. The number of nitrogens with one attached hydrogen (secondary N) is 2. The zero-order valence-corrected chi connectivity index (χ0v) is 15.2. The summed E-state index contributed by atoms with van der Waals surface area (Å²) < 4.78 is 0. The quantitative estimate of drug-likeness (QED) is 0.890. The third kappa shape index (κ3) is 5.06. The van der Waals surface area contributed by atoms with Crippen molar-refractivity contribution in [3.63, 3.8) is 0 Å². The summed E-state index contributed by atoms with van der Waals surface area (Å²) in [7, 11) is 1.93. The molecule has 1 atom stereocenters. The Balaban J connectivity index is 1.98. The van der Waals surface area contributed by atoms with E-state index in [-0.39, 0.29) is 17.2 Å². The molecule has 1 unspecified atom stereocenters. The van der Waals surface area contributed by atoms with Crippen LogP contribution in [0.5, 0.6) is 0 Å². The molecule has 24 heavy (non-hydrogen) atoms. The van der Waals surface area contributed by atoms with Crippen LogP contribution in [0.15, 0.2) is 24.3 Å². The van der Waals surface area contributed by atoms with Crippen molar-refractivity contribution >= 4 is 11.8 Å². The van der Waals surface area contributed by atoms with Crippen LogP contribution in [0.2, 0.25) is 0 Å². The lowest BCUT2D eigenvalue weighted by Gasteiger charge is -2.32. The van der Waals surface area contributed by atoms with Crippen molar-refractivity contribution in [1.29, 1.82) is 0 Å². The maximum absolute atomic E-state index is 12.6. The minimum Gasteiger partial charge on any atom is -0.352 e. The molecule has 2 amide bonds. The Morgan fingerprint density at radius 3 is 2.38 bits per heavy atom. The van der Waals surface area contributed by atoms with E-state index in [0.717, 1.165) is 25.9 Å². The first-order valence-electron chi connectivity index (χ1n) is 8.65. The first-order valence-corrected chi connectivity index (χ1v) is 8.65. The van der Waals surface area contributed by atoms with Crippen LogP contribution >= 0.6 is 0 Å². The zero-order valence-electron chi connectivity index (χ0n) is 15.2. The van der Waals surface area contributed by atoms with E-state index in [1.807, 2.05) is 11.9 Å². The predicted octanol–water partition coefficient (Wildman–Crippen LogP) is 2.29. The Morgan fingerprint density at radius 2 is 1.79 bits per heavy atom. The zero-order chi connectivity index (χ0) is 17.7. The lowest BCUT2D eigenvalue weighted by Crippen LogP contribution is -2.46. The number of carbonyl (C=O) groups excluding carboxylic acids is 2. The maximum Gasteiger partial charge on any atom is 0.253 e. The van der Waals surface area contributed by atoms with E-state index in [1.54, 1.807) is 24.3 Å². The summed E-state index contributed by atoms with van der Waals surface area (Å²) in [6.45, 7) is 8.38. The molecular formula is C19H29N3O2. The van der Waals surface area contributed by atoms with Crippen LogP contribution in [0.1, 0.15) is 54.3 Å². The molecule has 0 bridgehead atoms. The molecule has 1 saturated heterocycles. The van der Waals surface area contributed by atoms with Crippen molar-refractivity contribution in [2.24, 2.45) is 5.41 Å². The van der Waals surface area contributed by atoms with Crippen molar-refractivity contribution in [3.8, 4) is 0 Å². The second-order valence-electron chi connectivity index (χ2n) is 7.70. The number of hydrogen-bond donors (Lipinski definition) is 2. The van der Waals surface area contributed by atoms with Gasteiger partial charge in [-0.15, -0.1) is 0 Å². The van der Waals surface area contributed by atoms with E-state index in [1.165, 1.54) is 0 Å². The van der Waals surface area contributed by atoms with Gasteiger partial charge in [0.1, 0.15) is 0 Å². The van der Waals surface area contributed by atoms with Crippen LogP contribution in [0.25, 0.3) is 0 Å². The topological polar surface area (TPSA) is 61.4 Å². The summed E-state index contributed by atoms with van der Waals surface area (Å²) in [6.07, 6.45) is 2.12. The Labute approximate surface area is 144 Å². The molecule has 1 aromatic rings. The van der Waals surface area contributed by atoms with Gasteiger partial charge in [0.15, 0.2) is 0 Å². The first-order chi connectivity index (χ1) is 11.3. The molecule has 0 radical (unpaired) electrons. The van der Waals surface area contributed by atoms with E-state index < -0.39 is 0 Å². The van der Waals surface area contributed by atoms with Crippen LogP contribution < -0.4 is 10.6 Å². The van der Waals surface area contributed by atoms with E-state index in [0.29, 0.717) is 23.7 Å². The number of piperidine rings is 1. The smallest absolute Gasteiger partial charge is 0.253 e. The fourth-order valence-electron chi connectivity index (χ4n) is 2.79. The van der Waals surface area contributed by atoms with Gasteiger partial charge in [0.25, 0.3) is 11.8 Å². The molecule has 1 aromatic carbocycles. The van der Waals surface area contributed by atoms with Gasteiger partial charge >= 0.3 is 0 Å². The highest BCUT2D eigenvalue weighted by Crippen LogP contribution is 2.15. The Bertz CT molecular complexity index is 575. The lowest BCUT2D eigenvalue weighted by molar-refractivity contribution is 0.0697. The standard InChI is InChI=1S/C19H29N3O2/c1-19(2,3)13-21-17(23)14-7-9-15(10-8-14)18(24)22-11-5-6-16(12-22)20-4/h7-10,16,20H,5-6,11-13H2,1-4H3,(H,21,23). The Morgan fingerprint density at radius 1 is 1.17 bits per heavy atom. The summed E-state index contributed by atoms with van der Waals surface area (Å²) in [5.74, 6) is -0.0613. The van der Waals surface area contributed by atoms with Gasteiger partial charge in [-0.05, 0) is 49.6 Å². The molecule has 2 N–H and O–H groups in total. The molecule has 1 heterocycles. The van der Waals surface area contributed by atoms with E-state index in [2.05, 4.69) is 31.4 Å². The number of nitrogens with zero attached hydrogens (tertiary/aromatic N) is 1. The van der Waals surface area contributed by atoms with E-state index in [9.17, 15) is 9.59 Å². The number of amides is 2. The molecule has 1 fully saturated rings. The van der Waals surface area contributed by atoms with Crippen molar-refractivity contribution in [2.75, 3.05) is 26.7 Å². The van der Waals surface area contributed by atoms with Gasteiger partial charge in [0.2, 0.25) is 0 Å². The molecule has 5 heteroatoms. The highest BCUT2D eigenvalue weighted by molar-refractivity contribution is 5.97. The highest BCUT2D eigenvalue weighted by atomic mass is 16.2. The minimum atomic E-state index is -0.0999. The molecule has 5 nitrogen and oxygen atoms in total. The summed E-state index contributed by atoms with van der Waals surface area (Å²) in [5.41, 5.74) is 1.27. The molecule has 132 valence electrons. The molecule has 0 saturated carbocycles. The van der Waals surface area contributed by atoms with Crippen molar-refractivity contribution in [3.05, 3.63) is 35.4 Å². The van der Waals surface area contributed by atoms with Crippen molar-refractivity contribution in [1.82, 2.24) is 15.5 Å². The number of likely N-dealkylation sites (N-methyl/N-ethyl adjacent to an activating group) is 1. The number of carbonyl (C=O) groups is 2. The first kappa shape index (κ1) is 18.5. The molecule has 0 aromatic heterocycles. The number of hydrogen-bond acceptors (Lipinski definition) is 3. The van der Waals surface area contributed by atoms with Crippen molar-refractivity contribution in [2.45, 2.75) is 39.7 Å². The van der Waals surface area contributed by atoms with E-state index in [4.69, 9.17) is 0 Å². The van der Waals surface area contributed by atoms with Crippen LogP contribution in [-0.4, -0.2) is 49.4 Å². The molecule has 2 rings (SSSR count). The fraction of sp³-hybridized carbons (Fsp3) is 0.579. The van der Waals surface area contributed by atoms with Gasteiger partial charge in [0.05, 0.1) is 0 Å². The van der Waals surface area contributed by atoms with Gasteiger partial charge < -0.3 is 15.5 Å². The molecule has 0 spiro atoms. The largest absolute Gasteiger partial charge is 0.352 e. The normalized spacial score (nSPS) is 18.3. The van der Waals surface area contributed by atoms with Gasteiger partial charge in [-0.3, -0.25) is 9.59 Å². The summed E-state index contributed by atoms with van der Waals surface area (Å²) in [5, 5.41) is 6.17. The second-order valence-corrected chi connectivity index (χ2v) is 7.70. The van der Waals surface area contributed by atoms with Gasteiger partial charge in [0, 0.05) is 36.8 Å². The summed E-state index contributed by atoms with van der Waals surface area (Å²) in [6, 6.07) is 7.31. The lowest BCUT2D eigenvalue weighted by atomic mass is 9.97. The SMILES string of the molecule is CNC1CCCN(C(=O)c2ccc(C(=O)NCC(C)(C)C)cc2)C1. The van der Waals surface area contributed by atoms with E-state index >= 15 is 0 Å². The molecule has 0 aliphatic carbocycles. The Hall–Kier alpha value is -1.88. The number of benzene rings is 1. The third-order valence-corrected chi connectivity index (χ3v) is 4.29. The number of likely N-dealkylation sites (tertiary alicyclic amines) is 1. The summed E-state index contributed by atoms with van der Waals surface area (Å²) >= 11 is 0. The van der Waals surface area contributed by atoms with Gasteiger partial charge in [-0.25, -0.2) is 0 Å². The van der Waals surface area contributed by atoms with Crippen LogP contribution in [0, 0.1) is 5.41 Å². The average Bonchev–Trinajstić information content (AvgIpc) is 2.58. The predicted molar refractivity (Wildman–Crippen MR) is 96.2 cm³/mol. The third-order valence-electron chi connectivity index (χ3n) is 4.29. The Kier molecular flexibility index (Phi) is 5.99. The highest BCUT2D eigenvalue weighted by Gasteiger charge is 2.23. The second kappa shape index (κ2) is 7.79. The van der Waals surface area contributed by atoms with Crippen LogP contribution in [0.3, 0.4) is 0 Å². The van der Waals surface area contributed by atoms with Gasteiger partial charge in [-0.1, -0.05) is 20.8 Å². The molecular weight excluding hydrogens is 302 g/mol.